The van der Waals surface area contributed by atoms with E-state index >= 15 is 0 Å². The van der Waals surface area contributed by atoms with Crippen LogP contribution in [0.3, 0.4) is 0 Å². The molecular formula is C22H26N8O2. The number of carbonyl (C=O) groups is 2. The van der Waals surface area contributed by atoms with Gasteiger partial charge in [-0.05, 0) is 41.8 Å². The summed E-state index contributed by atoms with van der Waals surface area (Å²) in [6.07, 6.45) is 3.82. The van der Waals surface area contributed by atoms with Crippen molar-refractivity contribution < 1.29 is 9.59 Å². The van der Waals surface area contributed by atoms with Crippen molar-refractivity contribution in [2.75, 3.05) is 0 Å². The van der Waals surface area contributed by atoms with Crippen molar-refractivity contribution in [3.05, 3.63) is 47.4 Å². The van der Waals surface area contributed by atoms with Crippen LogP contribution in [0.4, 0.5) is 0 Å². The monoisotopic (exact) mass is 434 g/mol. The number of aromatic amines is 1. The summed E-state index contributed by atoms with van der Waals surface area (Å²) in [4.78, 5) is 33.3. The van der Waals surface area contributed by atoms with E-state index in [1.165, 1.54) is 0 Å². The van der Waals surface area contributed by atoms with Gasteiger partial charge in [0.25, 0.3) is 5.91 Å². The molecule has 0 fully saturated rings. The van der Waals surface area contributed by atoms with Gasteiger partial charge in [0.2, 0.25) is 11.7 Å². The van der Waals surface area contributed by atoms with Crippen LogP contribution in [0.2, 0.25) is 0 Å². The SMILES string of the molecule is CC(C)Cn1nnc(C2=CC=NC(C)(C(=O)NCc3ccc4cc(C(N)=O)[nH]c4c3)C2)n1. The van der Waals surface area contributed by atoms with Crippen LogP contribution in [0, 0.1) is 5.92 Å². The topological polar surface area (TPSA) is 144 Å². The van der Waals surface area contributed by atoms with Crippen LogP contribution in [0.15, 0.2) is 35.3 Å². The number of hydrogen-bond acceptors (Lipinski definition) is 6. The Kier molecular flexibility index (Phi) is 5.60. The Morgan fingerprint density at radius 3 is 2.88 bits per heavy atom. The molecule has 10 heteroatoms. The lowest BCUT2D eigenvalue weighted by molar-refractivity contribution is -0.125. The highest BCUT2D eigenvalue weighted by Gasteiger charge is 2.35. The highest BCUT2D eigenvalue weighted by molar-refractivity contribution is 5.97. The van der Waals surface area contributed by atoms with Gasteiger partial charge < -0.3 is 16.0 Å². The first-order valence-electron chi connectivity index (χ1n) is 10.5. The van der Waals surface area contributed by atoms with Gasteiger partial charge in [-0.2, -0.15) is 4.80 Å². The molecule has 0 saturated carbocycles. The van der Waals surface area contributed by atoms with Crippen molar-refractivity contribution in [1.82, 2.24) is 30.5 Å². The van der Waals surface area contributed by atoms with Crippen LogP contribution in [0.1, 0.15) is 49.1 Å². The fourth-order valence-corrected chi connectivity index (χ4v) is 3.63. The number of allylic oxidation sites excluding steroid dienone is 1. The van der Waals surface area contributed by atoms with Crippen molar-refractivity contribution in [3.63, 3.8) is 0 Å². The molecule has 1 aromatic carbocycles. The number of benzene rings is 1. The molecule has 3 heterocycles. The number of nitrogens with zero attached hydrogens (tertiary/aromatic N) is 5. The van der Waals surface area contributed by atoms with E-state index in [0.29, 0.717) is 36.9 Å². The Balaban J connectivity index is 1.42. The summed E-state index contributed by atoms with van der Waals surface area (Å²) in [5.41, 5.74) is 7.20. The van der Waals surface area contributed by atoms with Crippen molar-refractivity contribution in [3.8, 4) is 0 Å². The Morgan fingerprint density at radius 1 is 1.31 bits per heavy atom. The summed E-state index contributed by atoms with van der Waals surface area (Å²) in [5.74, 6) is 0.209. The van der Waals surface area contributed by atoms with Gasteiger partial charge in [0.05, 0.1) is 6.54 Å². The fraction of sp³-hybridized carbons (Fsp3) is 0.364. The summed E-state index contributed by atoms with van der Waals surface area (Å²) >= 11 is 0. The third-order valence-electron chi connectivity index (χ3n) is 5.33. The predicted octanol–water partition coefficient (Wildman–Crippen LogP) is 1.84. The molecule has 2 aromatic heterocycles. The van der Waals surface area contributed by atoms with Crippen molar-refractivity contribution >= 4 is 34.5 Å². The standard InChI is InChI=1S/C22H26N8O2/c1-13(2)12-30-28-20(27-29-30)16-6-7-25-22(3,10-16)21(32)24-11-14-4-5-15-9-18(19(23)31)26-17(15)8-14/h4-9,13,26H,10-12H2,1-3H3,(H2,23,31)(H,24,32). The van der Waals surface area contributed by atoms with E-state index in [1.807, 2.05) is 24.3 Å². The number of rotatable bonds is 7. The number of hydrogen-bond donors (Lipinski definition) is 3. The van der Waals surface area contributed by atoms with E-state index in [1.54, 1.807) is 24.0 Å². The number of aliphatic imine (C=N–C) groups is 1. The van der Waals surface area contributed by atoms with Crippen LogP contribution < -0.4 is 11.1 Å². The molecule has 1 unspecified atom stereocenters. The number of H-pyrrole nitrogens is 1. The van der Waals surface area contributed by atoms with Gasteiger partial charge >= 0.3 is 0 Å². The van der Waals surface area contributed by atoms with Gasteiger partial charge in [-0.3, -0.25) is 14.6 Å². The lowest BCUT2D eigenvalue weighted by atomic mass is 9.89. The van der Waals surface area contributed by atoms with Crippen LogP contribution in [-0.2, 0) is 17.9 Å². The Labute approximate surface area is 185 Å². The molecule has 166 valence electrons. The fourth-order valence-electron chi connectivity index (χ4n) is 3.63. The molecule has 4 N–H and O–H groups in total. The molecule has 0 spiro atoms. The minimum Gasteiger partial charge on any atom is -0.364 e. The molecule has 4 rings (SSSR count). The summed E-state index contributed by atoms with van der Waals surface area (Å²) in [7, 11) is 0. The molecule has 0 radical (unpaired) electrons. The molecule has 10 nitrogen and oxygen atoms in total. The first-order valence-corrected chi connectivity index (χ1v) is 10.5. The normalized spacial score (nSPS) is 18.2. The molecular weight excluding hydrogens is 408 g/mol. The lowest BCUT2D eigenvalue weighted by Crippen LogP contribution is -2.44. The largest absolute Gasteiger partial charge is 0.364 e. The quantitative estimate of drug-likeness (QED) is 0.520. The van der Waals surface area contributed by atoms with Gasteiger partial charge in [-0.25, -0.2) is 0 Å². The number of tetrazole rings is 1. The molecule has 3 aromatic rings. The van der Waals surface area contributed by atoms with Crippen molar-refractivity contribution in [1.29, 1.82) is 0 Å². The number of carbonyl (C=O) groups excluding carboxylic acids is 2. The maximum Gasteiger partial charge on any atom is 0.265 e. The second-order valence-corrected chi connectivity index (χ2v) is 8.63. The van der Waals surface area contributed by atoms with Crippen molar-refractivity contribution in [2.24, 2.45) is 16.6 Å². The number of primary amides is 1. The van der Waals surface area contributed by atoms with Crippen LogP contribution in [0.25, 0.3) is 16.5 Å². The highest BCUT2D eigenvalue weighted by atomic mass is 16.2. The molecule has 1 aliphatic heterocycles. The first-order chi connectivity index (χ1) is 15.2. The average Bonchev–Trinajstić information content (AvgIpc) is 3.38. The predicted molar refractivity (Wildman–Crippen MR) is 121 cm³/mol. The van der Waals surface area contributed by atoms with Crippen molar-refractivity contribution in [2.45, 2.75) is 45.8 Å². The zero-order valence-corrected chi connectivity index (χ0v) is 18.3. The molecule has 1 atom stereocenters. The molecule has 0 bridgehead atoms. The third kappa shape index (κ3) is 4.43. The third-order valence-corrected chi connectivity index (χ3v) is 5.33. The molecule has 32 heavy (non-hydrogen) atoms. The second-order valence-electron chi connectivity index (χ2n) is 8.63. The number of nitrogens with one attached hydrogen (secondary N) is 2. The number of nitrogens with two attached hydrogens (primary N) is 1. The van der Waals surface area contributed by atoms with Gasteiger partial charge in [-0.1, -0.05) is 26.0 Å². The average molecular weight is 435 g/mol. The van der Waals surface area contributed by atoms with Gasteiger partial charge in [-0.15, -0.1) is 10.2 Å². The molecule has 0 saturated heterocycles. The highest BCUT2D eigenvalue weighted by Crippen LogP contribution is 2.29. The van der Waals surface area contributed by atoms with Crippen LogP contribution >= 0.6 is 0 Å². The van der Waals surface area contributed by atoms with E-state index in [0.717, 1.165) is 22.0 Å². The molecule has 1 aliphatic rings. The number of aromatic nitrogens is 5. The first kappa shape index (κ1) is 21.4. The lowest BCUT2D eigenvalue weighted by Gasteiger charge is -2.26. The summed E-state index contributed by atoms with van der Waals surface area (Å²) in [6.45, 7) is 6.96. The van der Waals surface area contributed by atoms with E-state index in [2.05, 4.69) is 44.6 Å². The summed E-state index contributed by atoms with van der Waals surface area (Å²) in [5, 5.41) is 16.5. The minimum absolute atomic E-state index is 0.196. The Bertz CT molecular complexity index is 1240. The van der Waals surface area contributed by atoms with Gasteiger partial charge in [0.1, 0.15) is 11.2 Å². The Hall–Kier alpha value is -3.82. The molecule has 2 amide bonds. The van der Waals surface area contributed by atoms with E-state index in [9.17, 15) is 9.59 Å². The maximum atomic E-state index is 13.0. The van der Waals surface area contributed by atoms with Crippen LogP contribution in [0.5, 0.6) is 0 Å². The van der Waals surface area contributed by atoms with E-state index < -0.39 is 11.4 Å². The minimum atomic E-state index is -0.969. The number of fused-ring (bicyclic) bond motifs is 1. The van der Waals surface area contributed by atoms with Crippen LogP contribution in [-0.4, -0.2) is 48.8 Å². The smallest absolute Gasteiger partial charge is 0.265 e. The summed E-state index contributed by atoms with van der Waals surface area (Å²) in [6, 6.07) is 7.37. The van der Waals surface area contributed by atoms with E-state index in [-0.39, 0.29) is 5.91 Å². The zero-order valence-electron chi connectivity index (χ0n) is 18.3. The number of dihydropyridines is 1. The van der Waals surface area contributed by atoms with Gasteiger partial charge in [0, 0.05) is 35.7 Å². The maximum absolute atomic E-state index is 13.0. The summed E-state index contributed by atoms with van der Waals surface area (Å²) < 4.78 is 0. The molecule has 0 aliphatic carbocycles. The zero-order chi connectivity index (χ0) is 22.9. The van der Waals surface area contributed by atoms with E-state index in [4.69, 9.17) is 5.73 Å². The van der Waals surface area contributed by atoms with Gasteiger partial charge in [0.15, 0.2) is 0 Å². The second kappa shape index (κ2) is 8.37. The Morgan fingerprint density at radius 2 is 2.12 bits per heavy atom. The number of amides is 2.